The number of aromatic nitrogens is 2. The van der Waals surface area contributed by atoms with Gasteiger partial charge in [-0.2, -0.15) is 0 Å². The summed E-state index contributed by atoms with van der Waals surface area (Å²) in [5.74, 6) is 1.55. The molecule has 0 amide bonds. The second-order valence-corrected chi connectivity index (χ2v) is 5.79. The predicted molar refractivity (Wildman–Crippen MR) is 83.2 cm³/mol. The van der Waals surface area contributed by atoms with Crippen molar-refractivity contribution < 1.29 is 0 Å². The van der Waals surface area contributed by atoms with Gasteiger partial charge in [0.1, 0.15) is 10.4 Å². The SMILES string of the molecule is CNCc1nc(-c2ccc(C(C)C)cc2)n(C)c1Br. The van der Waals surface area contributed by atoms with Gasteiger partial charge in [0.05, 0.1) is 5.69 Å². The van der Waals surface area contributed by atoms with E-state index in [9.17, 15) is 0 Å². The Balaban J connectivity index is 2.38. The fourth-order valence-electron chi connectivity index (χ4n) is 2.09. The third-order valence-electron chi connectivity index (χ3n) is 3.27. The van der Waals surface area contributed by atoms with Gasteiger partial charge in [0.15, 0.2) is 0 Å². The molecule has 0 bridgehead atoms. The van der Waals surface area contributed by atoms with Crippen molar-refractivity contribution in [2.45, 2.75) is 26.3 Å². The Morgan fingerprint density at radius 2 is 1.89 bits per heavy atom. The minimum atomic E-state index is 0.557. The zero-order valence-electron chi connectivity index (χ0n) is 11.9. The summed E-state index contributed by atoms with van der Waals surface area (Å²) in [4.78, 5) is 4.70. The van der Waals surface area contributed by atoms with E-state index in [1.165, 1.54) is 5.56 Å². The summed E-state index contributed by atoms with van der Waals surface area (Å²) in [6.07, 6.45) is 0. The number of hydrogen-bond acceptors (Lipinski definition) is 2. The van der Waals surface area contributed by atoms with E-state index in [1.54, 1.807) is 0 Å². The lowest BCUT2D eigenvalue weighted by molar-refractivity contribution is 0.788. The number of imidazole rings is 1. The lowest BCUT2D eigenvalue weighted by Gasteiger charge is -2.07. The van der Waals surface area contributed by atoms with Crippen molar-refractivity contribution in [2.75, 3.05) is 7.05 Å². The fraction of sp³-hybridized carbons (Fsp3) is 0.400. The van der Waals surface area contributed by atoms with Crippen LogP contribution >= 0.6 is 15.9 Å². The molecule has 0 fully saturated rings. The van der Waals surface area contributed by atoms with E-state index >= 15 is 0 Å². The summed E-state index contributed by atoms with van der Waals surface area (Å²) < 4.78 is 3.11. The van der Waals surface area contributed by atoms with Crippen LogP contribution in [0.15, 0.2) is 28.9 Å². The van der Waals surface area contributed by atoms with Gasteiger partial charge < -0.3 is 9.88 Å². The van der Waals surface area contributed by atoms with Crippen LogP contribution in [0.2, 0.25) is 0 Å². The van der Waals surface area contributed by atoms with Crippen LogP contribution in [-0.4, -0.2) is 16.6 Å². The Bertz CT molecular complexity index is 556. The van der Waals surface area contributed by atoms with Gasteiger partial charge in [0, 0.05) is 19.2 Å². The lowest BCUT2D eigenvalue weighted by Crippen LogP contribution is -2.05. The van der Waals surface area contributed by atoms with E-state index in [-0.39, 0.29) is 0 Å². The molecule has 1 heterocycles. The predicted octanol–water partition coefficient (Wildman–Crippen LogP) is 3.69. The average molecular weight is 322 g/mol. The van der Waals surface area contributed by atoms with E-state index in [0.29, 0.717) is 5.92 Å². The zero-order valence-corrected chi connectivity index (χ0v) is 13.5. The topological polar surface area (TPSA) is 29.9 Å². The molecule has 0 radical (unpaired) electrons. The largest absolute Gasteiger partial charge is 0.322 e. The van der Waals surface area contributed by atoms with Crippen LogP contribution in [-0.2, 0) is 13.6 Å². The number of benzene rings is 1. The normalized spacial score (nSPS) is 11.3. The highest BCUT2D eigenvalue weighted by molar-refractivity contribution is 9.10. The second kappa shape index (κ2) is 5.88. The smallest absolute Gasteiger partial charge is 0.140 e. The first-order valence-corrected chi connectivity index (χ1v) is 7.30. The molecule has 3 nitrogen and oxygen atoms in total. The standard InChI is InChI=1S/C15H20BrN3/c1-10(2)11-5-7-12(8-6-11)15-18-13(9-17-3)14(16)19(15)4/h5-8,10,17H,9H2,1-4H3. The molecule has 0 unspecified atom stereocenters. The molecule has 102 valence electrons. The number of rotatable bonds is 4. The third-order valence-corrected chi connectivity index (χ3v) is 4.26. The molecule has 0 saturated heterocycles. The summed E-state index contributed by atoms with van der Waals surface area (Å²) in [6, 6.07) is 8.65. The van der Waals surface area contributed by atoms with Crippen molar-refractivity contribution in [2.24, 2.45) is 7.05 Å². The van der Waals surface area contributed by atoms with Crippen LogP contribution < -0.4 is 5.32 Å². The molecule has 1 N–H and O–H groups in total. The zero-order chi connectivity index (χ0) is 14.0. The highest BCUT2D eigenvalue weighted by Crippen LogP contribution is 2.26. The van der Waals surface area contributed by atoms with Crippen molar-refractivity contribution in [3.63, 3.8) is 0 Å². The van der Waals surface area contributed by atoms with Gasteiger partial charge in [-0.15, -0.1) is 0 Å². The molecule has 1 aromatic carbocycles. The maximum Gasteiger partial charge on any atom is 0.140 e. The Kier molecular flexibility index (Phi) is 4.42. The molecule has 19 heavy (non-hydrogen) atoms. The lowest BCUT2D eigenvalue weighted by atomic mass is 10.0. The Morgan fingerprint density at radius 1 is 1.26 bits per heavy atom. The Morgan fingerprint density at radius 3 is 2.42 bits per heavy atom. The maximum atomic E-state index is 4.70. The third kappa shape index (κ3) is 2.90. The summed E-state index contributed by atoms with van der Waals surface area (Å²) in [6.45, 7) is 5.17. The quantitative estimate of drug-likeness (QED) is 0.930. The van der Waals surface area contributed by atoms with Crippen molar-refractivity contribution in [3.8, 4) is 11.4 Å². The van der Waals surface area contributed by atoms with Crippen LogP contribution in [0.25, 0.3) is 11.4 Å². The molecule has 2 aromatic rings. The molecule has 2 rings (SSSR count). The van der Waals surface area contributed by atoms with Gasteiger partial charge in [-0.1, -0.05) is 38.1 Å². The summed E-state index contributed by atoms with van der Waals surface area (Å²) >= 11 is 3.60. The van der Waals surface area contributed by atoms with E-state index in [1.807, 2.05) is 14.1 Å². The van der Waals surface area contributed by atoms with Gasteiger partial charge in [0.25, 0.3) is 0 Å². The highest BCUT2D eigenvalue weighted by Gasteiger charge is 2.13. The molecule has 0 aliphatic rings. The number of halogens is 1. The van der Waals surface area contributed by atoms with Gasteiger partial charge >= 0.3 is 0 Å². The van der Waals surface area contributed by atoms with Crippen molar-refractivity contribution in [3.05, 3.63) is 40.1 Å². The van der Waals surface area contributed by atoms with Crippen molar-refractivity contribution in [1.29, 1.82) is 0 Å². The van der Waals surface area contributed by atoms with Crippen molar-refractivity contribution >= 4 is 15.9 Å². The molecule has 0 spiro atoms. The first-order chi connectivity index (χ1) is 9.04. The summed E-state index contributed by atoms with van der Waals surface area (Å²) in [7, 11) is 3.96. The van der Waals surface area contributed by atoms with E-state index in [0.717, 1.165) is 28.2 Å². The van der Waals surface area contributed by atoms with Crippen LogP contribution in [0.5, 0.6) is 0 Å². The second-order valence-electron chi connectivity index (χ2n) is 5.04. The van der Waals surface area contributed by atoms with Crippen LogP contribution in [0.1, 0.15) is 31.0 Å². The minimum absolute atomic E-state index is 0.557. The minimum Gasteiger partial charge on any atom is -0.322 e. The van der Waals surface area contributed by atoms with Crippen LogP contribution in [0, 0.1) is 0 Å². The first kappa shape index (κ1) is 14.3. The Hall–Kier alpha value is -1.13. The molecule has 1 aromatic heterocycles. The number of nitrogens with one attached hydrogen (secondary N) is 1. The highest BCUT2D eigenvalue weighted by atomic mass is 79.9. The van der Waals surface area contributed by atoms with Gasteiger partial charge in [-0.25, -0.2) is 4.98 Å². The molecule has 0 aliphatic heterocycles. The average Bonchev–Trinajstić information content (AvgIpc) is 2.68. The van der Waals surface area contributed by atoms with Gasteiger partial charge in [-0.05, 0) is 34.5 Å². The maximum absolute atomic E-state index is 4.70. The summed E-state index contributed by atoms with van der Waals surface area (Å²) in [5, 5.41) is 3.14. The molecular formula is C15H20BrN3. The molecule has 0 aliphatic carbocycles. The number of nitrogens with zero attached hydrogens (tertiary/aromatic N) is 2. The fourth-order valence-corrected chi connectivity index (χ4v) is 2.49. The van der Waals surface area contributed by atoms with Gasteiger partial charge in [0.2, 0.25) is 0 Å². The van der Waals surface area contributed by atoms with Crippen molar-refractivity contribution in [1.82, 2.24) is 14.9 Å². The molecule has 0 saturated carbocycles. The molecule has 0 atom stereocenters. The summed E-state index contributed by atoms with van der Waals surface area (Å²) in [5.41, 5.74) is 3.54. The van der Waals surface area contributed by atoms with E-state index in [4.69, 9.17) is 4.98 Å². The monoisotopic (exact) mass is 321 g/mol. The van der Waals surface area contributed by atoms with E-state index in [2.05, 4.69) is 63.9 Å². The van der Waals surface area contributed by atoms with Crippen LogP contribution in [0.4, 0.5) is 0 Å². The molecular weight excluding hydrogens is 302 g/mol. The van der Waals surface area contributed by atoms with Crippen LogP contribution in [0.3, 0.4) is 0 Å². The van der Waals surface area contributed by atoms with E-state index < -0.39 is 0 Å². The Labute approximate surface area is 123 Å². The first-order valence-electron chi connectivity index (χ1n) is 6.50. The van der Waals surface area contributed by atoms with Gasteiger partial charge in [-0.3, -0.25) is 0 Å². The molecule has 4 heteroatoms. The number of hydrogen-bond donors (Lipinski definition) is 1.